The van der Waals surface area contributed by atoms with Gasteiger partial charge in [0.2, 0.25) is 5.91 Å². The molecule has 39 heavy (non-hydrogen) atoms. The molecule has 0 aromatic heterocycles. The molecule has 0 saturated carbocycles. The van der Waals surface area contributed by atoms with Crippen LogP contribution >= 0.6 is 0 Å². The summed E-state index contributed by atoms with van der Waals surface area (Å²) in [4.78, 5) is 41.4. The van der Waals surface area contributed by atoms with Gasteiger partial charge in [-0.2, -0.15) is 0 Å². The highest BCUT2D eigenvalue weighted by molar-refractivity contribution is 5.89. The Hall–Kier alpha value is -3.97. The molecule has 1 aliphatic heterocycles. The lowest BCUT2D eigenvalue weighted by atomic mass is 9.93. The first-order chi connectivity index (χ1) is 19.0. The third kappa shape index (κ3) is 7.54. The molecule has 4 rings (SSSR count). The first-order valence-electron chi connectivity index (χ1n) is 13.5. The van der Waals surface area contributed by atoms with Crippen LogP contribution in [0.5, 0.6) is 0 Å². The summed E-state index contributed by atoms with van der Waals surface area (Å²) in [6.07, 6.45) is 1.51. The summed E-state index contributed by atoms with van der Waals surface area (Å²) in [5, 5.41) is 3.19. The van der Waals surface area contributed by atoms with Crippen molar-refractivity contribution in [2.75, 3.05) is 6.61 Å². The van der Waals surface area contributed by atoms with Crippen LogP contribution in [0.15, 0.2) is 84.9 Å². The van der Waals surface area contributed by atoms with Gasteiger partial charge in [-0.3, -0.25) is 14.9 Å². The van der Waals surface area contributed by atoms with E-state index in [0.29, 0.717) is 25.8 Å². The van der Waals surface area contributed by atoms with Crippen molar-refractivity contribution in [2.24, 2.45) is 0 Å². The quantitative estimate of drug-likeness (QED) is 0.375. The van der Waals surface area contributed by atoms with Gasteiger partial charge in [-0.25, -0.2) is 4.79 Å². The first-order valence-corrected chi connectivity index (χ1v) is 13.5. The van der Waals surface area contributed by atoms with Crippen LogP contribution in [0.4, 0.5) is 0 Å². The maximum absolute atomic E-state index is 13.8. The fourth-order valence-corrected chi connectivity index (χ4v) is 4.88. The molecule has 1 N–H and O–H groups in total. The van der Waals surface area contributed by atoms with Crippen LogP contribution in [-0.2, 0) is 49.9 Å². The lowest BCUT2D eigenvalue weighted by Crippen LogP contribution is -2.56. The third-order valence-corrected chi connectivity index (χ3v) is 6.98. The Kier molecular flexibility index (Phi) is 9.86. The Bertz CT molecular complexity index is 1250. The Morgan fingerprint density at radius 1 is 0.872 bits per heavy atom. The number of rotatable bonds is 11. The number of ether oxygens (including phenoxy) is 2. The molecule has 7 nitrogen and oxygen atoms in total. The molecule has 1 amide bonds. The van der Waals surface area contributed by atoms with Gasteiger partial charge >= 0.3 is 11.9 Å². The Morgan fingerprint density at radius 3 is 2.15 bits per heavy atom. The minimum atomic E-state index is -0.759. The largest absolute Gasteiger partial charge is 0.465 e. The number of nitrogens with zero attached hydrogens (tertiary/aromatic N) is 1. The molecular weight excluding hydrogens is 492 g/mol. The van der Waals surface area contributed by atoms with E-state index in [-0.39, 0.29) is 19.1 Å². The fourth-order valence-electron chi connectivity index (χ4n) is 4.88. The van der Waals surface area contributed by atoms with E-state index < -0.39 is 30.1 Å². The number of esters is 2. The molecule has 3 atom stereocenters. The second-order valence-corrected chi connectivity index (χ2v) is 9.77. The molecule has 1 aliphatic rings. The average molecular weight is 529 g/mol. The van der Waals surface area contributed by atoms with Gasteiger partial charge < -0.3 is 14.4 Å². The maximum atomic E-state index is 13.8. The Labute approximate surface area is 230 Å². The number of hydrogen-bond donors (Lipinski definition) is 1. The van der Waals surface area contributed by atoms with Crippen molar-refractivity contribution in [2.45, 2.75) is 64.4 Å². The molecule has 204 valence electrons. The van der Waals surface area contributed by atoms with Crippen molar-refractivity contribution in [3.8, 4) is 0 Å². The van der Waals surface area contributed by atoms with Crippen LogP contribution in [0.1, 0.15) is 42.5 Å². The summed E-state index contributed by atoms with van der Waals surface area (Å²) in [5.41, 5.74) is 4.00. The zero-order chi connectivity index (χ0) is 27.6. The van der Waals surface area contributed by atoms with Crippen molar-refractivity contribution in [1.82, 2.24) is 10.2 Å². The van der Waals surface area contributed by atoms with Gasteiger partial charge in [0.05, 0.1) is 12.6 Å². The van der Waals surface area contributed by atoms with Crippen LogP contribution in [0.3, 0.4) is 0 Å². The summed E-state index contributed by atoms with van der Waals surface area (Å²) in [7, 11) is 0. The highest BCUT2D eigenvalue weighted by Gasteiger charge is 2.38. The number of hydrogen-bond acceptors (Lipinski definition) is 6. The van der Waals surface area contributed by atoms with E-state index in [1.54, 1.807) is 18.7 Å². The number of aryl methyl sites for hydroxylation is 1. The van der Waals surface area contributed by atoms with Crippen molar-refractivity contribution in [3.05, 3.63) is 107 Å². The fraction of sp³-hybridized carbons (Fsp3) is 0.344. The summed E-state index contributed by atoms with van der Waals surface area (Å²) < 4.78 is 11.0. The standard InChI is InChI=1S/C32H36N2O5/c1-3-38-31(36)28(19-18-24-12-6-4-7-13-24)33-23(2)30(35)34-21-27-17-11-10-16-26(27)20-29(34)32(37)39-22-25-14-8-5-9-15-25/h4-17,23,28-29,33H,3,18-22H2,1-2H3/t23-,28?,29-/m0/s1. The van der Waals surface area contributed by atoms with E-state index in [4.69, 9.17) is 9.47 Å². The monoisotopic (exact) mass is 528 g/mol. The molecule has 0 spiro atoms. The number of carbonyl (C=O) groups is 3. The Balaban J connectivity index is 1.48. The van der Waals surface area contributed by atoms with Gasteiger partial charge in [-0.05, 0) is 48.9 Å². The zero-order valence-corrected chi connectivity index (χ0v) is 22.5. The topological polar surface area (TPSA) is 84.9 Å². The van der Waals surface area contributed by atoms with E-state index in [2.05, 4.69) is 5.32 Å². The van der Waals surface area contributed by atoms with Crippen LogP contribution < -0.4 is 5.32 Å². The molecule has 0 saturated heterocycles. The molecule has 0 aliphatic carbocycles. The zero-order valence-electron chi connectivity index (χ0n) is 22.5. The summed E-state index contributed by atoms with van der Waals surface area (Å²) in [6.45, 7) is 4.17. The molecule has 0 radical (unpaired) electrons. The summed E-state index contributed by atoms with van der Waals surface area (Å²) in [6, 6.07) is 25.0. The van der Waals surface area contributed by atoms with Crippen molar-refractivity contribution < 1.29 is 23.9 Å². The normalized spacial score (nSPS) is 16.1. The van der Waals surface area contributed by atoms with Gasteiger partial charge in [0, 0.05) is 13.0 Å². The molecule has 3 aromatic rings. The van der Waals surface area contributed by atoms with E-state index in [9.17, 15) is 14.4 Å². The lowest BCUT2D eigenvalue weighted by molar-refractivity contribution is -0.158. The van der Waals surface area contributed by atoms with E-state index >= 15 is 0 Å². The van der Waals surface area contributed by atoms with Gasteiger partial charge in [-0.1, -0.05) is 84.9 Å². The molecule has 3 aromatic carbocycles. The molecule has 0 bridgehead atoms. The smallest absolute Gasteiger partial charge is 0.329 e. The Morgan fingerprint density at radius 2 is 1.49 bits per heavy atom. The van der Waals surface area contributed by atoms with E-state index in [0.717, 1.165) is 22.3 Å². The van der Waals surface area contributed by atoms with Crippen LogP contribution in [0.25, 0.3) is 0 Å². The molecular formula is C32H36N2O5. The van der Waals surface area contributed by atoms with Crippen molar-refractivity contribution in [3.63, 3.8) is 0 Å². The van der Waals surface area contributed by atoms with Crippen LogP contribution in [0.2, 0.25) is 0 Å². The maximum Gasteiger partial charge on any atom is 0.329 e. The molecule has 1 unspecified atom stereocenters. The highest BCUT2D eigenvalue weighted by atomic mass is 16.5. The van der Waals surface area contributed by atoms with Gasteiger partial charge in [0.25, 0.3) is 0 Å². The van der Waals surface area contributed by atoms with E-state index in [1.165, 1.54) is 0 Å². The van der Waals surface area contributed by atoms with Crippen LogP contribution in [-0.4, -0.2) is 47.5 Å². The second kappa shape index (κ2) is 13.7. The number of fused-ring (bicyclic) bond motifs is 1. The van der Waals surface area contributed by atoms with Crippen LogP contribution in [0, 0.1) is 0 Å². The number of carbonyl (C=O) groups excluding carboxylic acids is 3. The van der Waals surface area contributed by atoms with E-state index in [1.807, 2.05) is 84.9 Å². The molecule has 1 heterocycles. The number of amides is 1. The molecule has 0 fully saturated rings. The van der Waals surface area contributed by atoms with Gasteiger partial charge in [-0.15, -0.1) is 0 Å². The van der Waals surface area contributed by atoms with Crippen molar-refractivity contribution in [1.29, 1.82) is 0 Å². The van der Waals surface area contributed by atoms with Gasteiger partial charge in [0.15, 0.2) is 0 Å². The lowest BCUT2D eigenvalue weighted by Gasteiger charge is -2.37. The summed E-state index contributed by atoms with van der Waals surface area (Å²) >= 11 is 0. The summed E-state index contributed by atoms with van der Waals surface area (Å²) in [5.74, 6) is -1.10. The highest BCUT2D eigenvalue weighted by Crippen LogP contribution is 2.25. The van der Waals surface area contributed by atoms with Crippen molar-refractivity contribution >= 4 is 17.8 Å². The SMILES string of the molecule is CCOC(=O)C(CCc1ccccc1)N[C@@H](C)C(=O)N1Cc2ccccc2C[C@H]1C(=O)OCc1ccccc1. The predicted octanol–water partition coefficient (Wildman–Crippen LogP) is 4.23. The minimum Gasteiger partial charge on any atom is -0.465 e. The molecule has 7 heteroatoms. The first kappa shape index (κ1) is 28.0. The average Bonchev–Trinajstić information content (AvgIpc) is 2.98. The second-order valence-electron chi connectivity index (χ2n) is 9.77. The number of benzene rings is 3. The number of nitrogens with one attached hydrogen (secondary N) is 1. The predicted molar refractivity (Wildman–Crippen MR) is 149 cm³/mol. The minimum absolute atomic E-state index is 0.137. The third-order valence-electron chi connectivity index (χ3n) is 6.98. The van der Waals surface area contributed by atoms with Gasteiger partial charge in [0.1, 0.15) is 18.7 Å².